The molecule has 0 aromatic carbocycles. The maximum atomic E-state index is 13.1. The summed E-state index contributed by atoms with van der Waals surface area (Å²) in [4.78, 5) is 37.2. The Morgan fingerprint density at radius 1 is 0.588 bits per heavy atom. The molecule has 3 N–H and O–H groups in total. The van der Waals surface area contributed by atoms with E-state index in [0.29, 0.717) is 12.8 Å². The number of nitrogens with zero attached hydrogens (tertiary/aromatic N) is 1. The summed E-state index contributed by atoms with van der Waals surface area (Å²) in [5, 5.41) is 18.3. The Hall–Kier alpha value is -1.35. The van der Waals surface area contributed by atoms with Crippen molar-refractivity contribution < 1.29 is 38.3 Å². The summed E-state index contributed by atoms with van der Waals surface area (Å²) >= 11 is 0. The van der Waals surface area contributed by atoms with Crippen molar-refractivity contribution in [2.75, 3.05) is 26.4 Å². The number of hydrogen-bond donors (Lipinski definition) is 3. The zero-order valence-corrected chi connectivity index (χ0v) is 33.7. The average molecular weight is 744 g/mol. The fourth-order valence-corrected chi connectivity index (χ4v) is 6.62. The van der Waals surface area contributed by atoms with Gasteiger partial charge in [0.2, 0.25) is 11.8 Å². The van der Waals surface area contributed by atoms with Crippen molar-refractivity contribution in [3.63, 3.8) is 0 Å². The van der Waals surface area contributed by atoms with Crippen LogP contribution in [0.3, 0.4) is 0 Å². The Morgan fingerprint density at radius 2 is 0.941 bits per heavy atom. The van der Waals surface area contributed by atoms with Gasteiger partial charge in [0.25, 0.3) is 0 Å². The van der Waals surface area contributed by atoms with Crippen LogP contribution in [0.4, 0.5) is 0 Å². The first-order valence-electron chi connectivity index (χ1n) is 20.8. The number of phosphoric acid groups is 1. The third kappa shape index (κ3) is 34.2. The molecule has 2 amide bonds. The van der Waals surface area contributed by atoms with Crippen LogP contribution in [0.25, 0.3) is 0 Å². The van der Waals surface area contributed by atoms with E-state index >= 15 is 0 Å². The molecular formula is C41H78NO8P. The van der Waals surface area contributed by atoms with E-state index in [1.54, 1.807) is 0 Å². The minimum Gasteiger partial charge on any atom is -0.394 e. The maximum Gasteiger partial charge on any atom is 0.472 e. The number of allylic oxidation sites excluding steroid dienone is 4. The molecule has 0 fully saturated rings. The Labute approximate surface area is 312 Å². The van der Waals surface area contributed by atoms with E-state index < -0.39 is 27.1 Å². The van der Waals surface area contributed by atoms with Crippen LogP contribution in [0.1, 0.15) is 194 Å². The number of carbonyl (C=O) groups is 2. The van der Waals surface area contributed by atoms with Crippen LogP contribution in [0.2, 0.25) is 0 Å². The molecule has 0 aromatic rings. The highest BCUT2D eigenvalue weighted by molar-refractivity contribution is 7.47. The number of phosphoric ester groups is 1. The fourth-order valence-electron chi connectivity index (χ4n) is 5.87. The molecule has 0 spiro atoms. The number of aliphatic hydroxyl groups excluding tert-OH is 2. The largest absolute Gasteiger partial charge is 0.472 e. The van der Waals surface area contributed by atoms with Crippen molar-refractivity contribution in [1.29, 1.82) is 0 Å². The van der Waals surface area contributed by atoms with Crippen molar-refractivity contribution in [3.8, 4) is 0 Å². The summed E-state index contributed by atoms with van der Waals surface area (Å²) in [7, 11) is -4.51. The van der Waals surface area contributed by atoms with E-state index in [2.05, 4.69) is 42.7 Å². The number of rotatable bonds is 38. The molecule has 51 heavy (non-hydrogen) atoms. The average Bonchev–Trinajstić information content (AvgIpc) is 3.12. The number of unbranched alkanes of at least 4 members (excludes halogenated alkanes) is 22. The van der Waals surface area contributed by atoms with E-state index in [4.69, 9.17) is 9.63 Å². The van der Waals surface area contributed by atoms with Crippen molar-refractivity contribution in [2.45, 2.75) is 200 Å². The number of hydrogen-bond acceptors (Lipinski definition) is 7. The van der Waals surface area contributed by atoms with E-state index in [9.17, 15) is 24.2 Å². The summed E-state index contributed by atoms with van der Waals surface area (Å²) in [6.07, 6.45) is 38.5. The second-order valence-electron chi connectivity index (χ2n) is 14.0. The van der Waals surface area contributed by atoms with Gasteiger partial charge in [-0.2, -0.15) is 0 Å². The van der Waals surface area contributed by atoms with Crippen molar-refractivity contribution >= 4 is 19.6 Å². The predicted octanol–water partition coefficient (Wildman–Crippen LogP) is 10.9. The molecule has 10 heteroatoms. The summed E-state index contributed by atoms with van der Waals surface area (Å²) in [5.74, 6) is -0.586. The standard InChI is InChI=1S/C41H78NO8P/c1-3-5-7-9-11-13-15-17-19-21-23-25-27-29-31-33-40(45)42(35-36-49-51(47,48)50-38-39(44)37-43)41(46)34-32-30-28-26-24-22-20-18-16-14-12-10-8-6-4-2/h17-20,39,43-44H,3-16,21-38H2,1-2H3,(H,47,48)/b19-17-,20-18-/t39-/m1/s1. The van der Waals surface area contributed by atoms with Gasteiger partial charge in [-0.1, -0.05) is 141 Å². The first-order valence-corrected chi connectivity index (χ1v) is 22.3. The lowest BCUT2D eigenvalue weighted by Crippen LogP contribution is -2.39. The number of amides is 2. The first-order chi connectivity index (χ1) is 24.8. The number of imide groups is 1. The van der Waals surface area contributed by atoms with Crippen LogP contribution in [-0.4, -0.2) is 64.3 Å². The Kier molecular flexibility index (Phi) is 36.0. The SMILES string of the molecule is CCCCCCCC/C=C\CCCCCCCC(=O)N(CCOP(=O)(O)OC[C@H](O)CO)C(=O)CCCCCCC/C=C\CCCCCCCC. The summed E-state index contributed by atoms with van der Waals surface area (Å²) in [6.45, 7) is 2.78. The second kappa shape index (κ2) is 37.0. The molecule has 0 saturated carbocycles. The Balaban J connectivity index is 4.43. The van der Waals surface area contributed by atoms with Gasteiger partial charge in [-0.15, -0.1) is 0 Å². The lowest BCUT2D eigenvalue weighted by Gasteiger charge is -2.22. The van der Waals surface area contributed by atoms with Crippen molar-refractivity contribution in [3.05, 3.63) is 24.3 Å². The molecule has 0 aromatic heterocycles. The van der Waals surface area contributed by atoms with Gasteiger partial charge in [0.1, 0.15) is 6.10 Å². The van der Waals surface area contributed by atoms with Crippen molar-refractivity contribution in [1.82, 2.24) is 4.90 Å². The molecular weight excluding hydrogens is 665 g/mol. The molecule has 0 aliphatic rings. The van der Waals surface area contributed by atoms with Crippen LogP contribution < -0.4 is 0 Å². The maximum absolute atomic E-state index is 13.1. The van der Waals surface area contributed by atoms with Crippen LogP contribution in [0, 0.1) is 0 Å². The first kappa shape index (κ1) is 49.6. The summed E-state index contributed by atoms with van der Waals surface area (Å²) in [6, 6.07) is 0. The summed E-state index contributed by atoms with van der Waals surface area (Å²) < 4.78 is 21.8. The highest BCUT2D eigenvalue weighted by Crippen LogP contribution is 2.43. The fraction of sp³-hybridized carbons (Fsp3) is 0.854. The molecule has 0 saturated heterocycles. The molecule has 0 bridgehead atoms. The normalized spacial score (nSPS) is 13.7. The van der Waals surface area contributed by atoms with Crippen LogP contribution in [0.5, 0.6) is 0 Å². The Morgan fingerprint density at radius 3 is 1.31 bits per heavy atom. The lowest BCUT2D eigenvalue weighted by atomic mass is 10.1. The van der Waals surface area contributed by atoms with E-state index in [-0.39, 0.29) is 37.8 Å². The van der Waals surface area contributed by atoms with Crippen LogP contribution in [-0.2, 0) is 23.2 Å². The smallest absolute Gasteiger partial charge is 0.394 e. The van der Waals surface area contributed by atoms with Gasteiger partial charge < -0.3 is 15.1 Å². The predicted molar refractivity (Wildman–Crippen MR) is 210 cm³/mol. The molecule has 0 heterocycles. The van der Waals surface area contributed by atoms with Gasteiger partial charge in [-0.3, -0.25) is 23.5 Å². The summed E-state index contributed by atoms with van der Waals surface area (Å²) in [5.41, 5.74) is 0. The molecule has 0 aliphatic heterocycles. The highest BCUT2D eigenvalue weighted by Gasteiger charge is 2.25. The van der Waals surface area contributed by atoms with Gasteiger partial charge in [0.15, 0.2) is 0 Å². The zero-order chi connectivity index (χ0) is 37.7. The van der Waals surface area contributed by atoms with Gasteiger partial charge in [-0.25, -0.2) is 4.57 Å². The minimum absolute atomic E-state index is 0.149. The van der Waals surface area contributed by atoms with Gasteiger partial charge >= 0.3 is 7.82 Å². The molecule has 2 atom stereocenters. The molecule has 0 radical (unpaired) electrons. The third-order valence-corrected chi connectivity index (χ3v) is 10.1. The Bertz CT molecular complexity index is 860. The zero-order valence-electron chi connectivity index (χ0n) is 32.8. The molecule has 0 aliphatic carbocycles. The number of carbonyl (C=O) groups excluding carboxylic acids is 2. The van der Waals surface area contributed by atoms with E-state index in [1.165, 1.54) is 89.9 Å². The van der Waals surface area contributed by atoms with Crippen LogP contribution in [0.15, 0.2) is 24.3 Å². The van der Waals surface area contributed by atoms with E-state index in [0.717, 1.165) is 69.1 Å². The molecule has 1 unspecified atom stereocenters. The van der Waals surface area contributed by atoms with Crippen molar-refractivity contribution in [2.24, 2.45) is 0 Å². The van der Waals surface area contributed by atoms with Gasteiger partial charge in [0.05, 0.1) is 26.4 Å². The van der Waals surface area contributed by atoms with Gasteiger partial charge in [0, 0.05) is 12.8 Å². The molecule has 9 nitrogen and oxygen atoms in total. The number of aliphatic hydroxyl groups is 2. The molecule has 300 valence electrons. The second-order valence-corrected chi connectivity index (χ2v) is 15.5. The third-order valence-electron chi connectivity index (χ3n) is 9.12. The highest BCUT2D eigenvalue weighted by atomic mass is 31.2. The van der Waals surface area contributed by atoms with E-state index in [1.807, 2.05) is 0 Å². The lowest BCUT2D eigenvalue weighted by molar-refractivity contribution is -0.145. The minimum atomic E-state index is -4.51. The topological polar surface area (TPSA) is 134 Å². The van der Waals surface area contributed by atoms with Gasteiger partial charge in [-0.05, 0) is 64.2 Å². The van der Waals surface area contributed by atoms with Crippen LogP contribution >= 0.6 is 7.82 Å². The monoisotopic (exact) mass is 744 g/mol. The quantitative estimate of drug-likeness (QED) is 0.0323. The molecule has 0 rings (SSSR count).